The number of benzene rings is 2. The van der Waals surface area contributed by atoms with Crippen molar-refractivity contribution in [3.05, 3.63) is 70.8 Å². The molecule has 0 unspecified atom stereocenters. The van der Waals surface area contributed by atoms with Gasteiger partial charge in [0, 0.05) is 11.1 Å². The third kappa shape index (κ3) is 6.44. The molecule has 3 heteroatoms. The molecule has 1 fully saturated rings. The summed E-state index contributed by atoms with van der Waals surface area (Å²) in [5, 5.41) is 11.1. The molecule has 0 bridgehead atoms. The second kappa shape index (κ2) is 9.58. The van der Waals surface area contributed by atoms with Gasteiger partial charge in [0.1, 0.15) is 38.5 Å². The third-order valence-electron chi connectivity index (χ3n) is 6.48. The summed E-state index contributed by atoms with van der Waals surface area (Å²) < 4.78 is 0. The second-order valence-electron chi connectivity index (χ2n) is 11.2. The highest BCUT2D eigenvalue weighted by Crippen LogP contribution is 2.37. The molecule has 0 amide bonds. The maximum atomic E-state index is 11.1. The lowest BCUT2D eigenvalue weighted by atomic mass is 9.79. The van der Waals surface area contributed by atoms with Gasteiger partial charge in [-0.25, -0.2) is 0 Å². The molecule has 0 spiro atoms. The molecule has 1 aliphatic heterocycles. The Balaban J connectivity index is 1.64. The second-order valence-corrected chi connectivity index (χ2v) is 11.2. The van der Waals surface area contributed by atoms with Gasteiger partial charge in [0.2, 0.25) is 0 Å². The van der Waals surface area contributed by atoms with E-state index in [1.807, 2.05) is 0 Å². The van der Waals surface area contributed by atoms with Crippen molar-refractivity contribution in [2.75, 3.05) is 32.7 Å². The zero-order valence-electron chi connectivity index (χ0n) is 20.4. The highest BCUT2D eigenvalue weighted by atomic mass is 16.3. The van der Waals surface area contributed by atoms with Crippen molar-refractivity contribution in [1.29, 1.82) is 0 Å². The standard InChI is InChI=1S/C28H40N2O/c1-27(2,3)24-19-23(26(31)25(20-24)28(4,5)6)21-30-17-15-29(16-18-30)14-10-13-22-11-8-7-9-12-22/h7-13,19-20,31H,14-18,21H2,1-6H3/p+2/b13-10+. The normalized spacial score (nSPS) is 20.3. The molecule has 0 saturated carbocycles. The van der Waals surface area contributed by atoms with Gasteiger partial charge in [0.05, 0.1) is 6.54 Å². The minimum Gasteiger partial charge on any atom is -0.507 e. The van der Waals surface area contributed by atoms with Gasteiger partial charge < -0.3 is 14.9 Å². The zero-order valence-corrected chi connectivity index (χ0v) is 20.4. The highest BCUT2D eigenvalue weighted by molar-refractivity contribution is 5.49. The van der Waals surface area contributed by atoms with Crippen LogP contribution in [0.2, 0.25) is 0 Å². The van der Waals surface area contributed by atoms with Crippen LogP contribution in [0.3, 0.4) is 0 Å². The van der Waals surface area contributed by atoms with Crippen molar-refractivity contribution in [2.45, 2.75) is 58.9 Å². The number of rotatable bonds is 5. The maximum Gasteiger partial charge on any atom is 0.128 e. The Morgan fingerprint density at radius 1 is 0.839 bits per heavy atom. The fraction of sp³-hybridized carbons (Fsp3) is 0.500. The molecule has 2 aromatic carbocycles. The van der Waals surface area contributed by atoms with Gasteiger partial charge in [-0.05, 0) is 34.1 Å². The average molecular weight is 423 g/mol. The van der Waals surface area contributed by atoms with E-state index in [1.165, 1.54) is 24.2 Å². The number of hydrogen-bond acceptors (Lipinski definition) is 1. The molecule has 1 saturated heterocycles. The maximum absolute atomic E-state index is 11.1. The molecule has 31 heavy (non-hydrogen) atoms. The number of nitrogens with one attached hydrogen (secondary N) is 2. The van der Waals surface area contributed by atoms with Gasteiger partial charge in [-0.3, -0.25) is 0 Å². The van der Waals surface area contributed by atoms with E-state index in [1.54, 1.807) is 9.80 Å². The highest BCUT2D eigenvalue weighted by Gasteiger charge is 2.28. The summed E-state index contributed by atoms with van der Waals surface area (Å²) in [6.45, 7) is 20.0. The Morgan fingerprint density at radius 3 is 2.03 bits per heavy atom. The first-order valence-corrected chi connectivity index (χ1v) is 11.8. The Labute approximate surface area is 189 Å². The quantitative estimate of drug-likeness (QED) is 0.679. The molecule has 0 atom stereocenters. The Morgan fingerprint density at radius 2 is 1.45 bits per heavy atom. The van der Waals surface area contributed by atoms with E-state index in [4.69, 9.17) is 0 Å². The van der Waals surface area contributed by atoms with Crippen molar-refractivity contribution < 1.29 is 14.9 Å². The van der Waals surface area contributed by atoms with Crippen molar-refractivity contribution in [2.24, 2.45) is 0 Å². The summed E-state index contributed by atoms with van der Waals surface area (Å²) in [7, 11) is 0. The lowest BCUT2D eigenvalue weighted by Gasteiger charge is -2.31. The van der Waals surface area contributed by atoms with Crippen molar-refractivity contribution >= 4 is 6.08 Å². The van der Waals surface area contributed by atoms with Gasteiger partial charge in [0.25, 0.3) is 0 Å². The molecule has 3 N–H and O–H groups in total. The van der Waals surface area contributed by atoms with Gasteiger partial charge in [-0.15, -0.1) is 0 Å². The van der Waals surface area contributed by atoms with E-state index < -0.39 is 0 Å². The zero-order chi connectivity index (χ0) is 22.6. The SMILES string of the molecule is CC(C)(C)c1cc(C[NH+]2CC[NH+](C/C=C/c3ccccc3)CC2)c(O)c(C(C)(C)C)c1. The fourth-order valence-corrected chi connectivity index (χ4v) is 4.37. The smallest absolute Gasteiger partial charge is 0.128 e. The van der Waals surface area contributed by atoms with Crippen LogP contribution in [0.5, 0.6) is 5.75 Å². The van der Waals surface area contributed by atoms with E-state index in [0.717, 1.165) is 37.3 Å². The first kappa shape index (κ1) is 23.6. The lowest BCUT2D eigenvalue weighted by molar-refractivity contribution is -1.02. The van der Waals surface area contributed by atoms with Crippen LogP contribution in [0.1, 0.15) is 63.8 Å². The van der Waals surface area contributed by atoms with Crippen LogP contribution >= 0.6 is 0 Å². The molecular formula is C28H42N2O+2. The predicted octanol–water partition coefficient (Wildman–Crippen LogP) is 2.98. The minimum absolute atomic E-state index is 0.0661. The molecule has 1 aliphatic rings. The van der Waals surface area contributed by atoms with Crippen LogP contribution in [0, 0.1) is 0 Å². The van der Waals surface area contributed by atoms with E-state index >= 15 is 0 Å². The van der Waals surface area contributed by atoms with Crippen LogP contribution in [0.15, 0.2) is 48.5 Å². The van der Waals surface area contributed by atoms with E-state index in [-0.39, 0.29) is 10.8 Å². The molecular weight excluding hydrogens is 380 g/mol. The first-order chi connectivity index (χ1) is 14.5. The number of phenolic OH excluding ortho intramolecular Hbond substituents is 1. The fourth-order valence-electron chi connectivity index (χ4n) is 4.37. The monoisotopic (exact) mass is 422 g/mol. The number of piperazine rings is 1. The molecule has 3 nitrogen and oxygen atoms in total. The van der Waals surface area contributed by atoms with E-state index in [2.05, 4.69) is 96.2 Å². The summed E-state index contributed by atoms with van der Waals surface area (Å²) in [6.07, 6.45) is 4.54. The summed E-state index contributed by atoms with van der Waals surface area (Å²) in [5.41, 5.74) is 4.79. The topological polar surface area (TPSA) is 29.1 Å². The number of aromatic hydroxyl groups is 1. The van der Waals surface area contributed by atoms with Crippen LogP contribution in [-0.4, -0.2) is 37.8 Å². The molecule has 2 aromatic rings. The van der Waals surface area contributed by atoms with Crippen LogP contribution < -0.4 is 9.80 Å². The van der Waals surface area contributed by atoms with Crippen molar-refractivity contribution in [3.63, 3.8) is 0 Å². The van der Waals surface area contributed by atoms with E-state index in [9.17, 15) is 5.11 Å². The van der Waals surface area contributed by atoms with E-state index in [0.29, 0.717) is 5.75 Å². The summed E-state index contributed by atoms with van der Waals surface area (Å²) in [6, 6.07) is 15.0. The average Bonchev–Trinajstić information content (AvgIpc) is 2.70. The third-order valence-corrected chi connectivity index (χ3v) is 6.48. The first-order valence-electron chi connectivity index (χ1n) is 11.8. The van der Waals surface area contributed by atoms with Gasteiger partial charge in [-0.2, -0.15) is 0 Å². The summed E-state index contributed by atoms with van der Waals surface area (Å²) >= 11 is 0. The number of quaternary nitrogens is 2. The number of hydrogen-bond donors (Lipinski definition) is 3. The Hall–Kier alpha value is -2.10. The molecule has 168 valence electrons. The molecule has 1 heterocycles. The van der Waals surface area contributed by atoms with Gasteiger partial charge >= 0.3 is 0 Å². The van der Waals surface area contributed by atoms with Crippen molar-refractivity contribution in [3.8, 4) is 5.75 Å². The van der Waals surface area contributed by atoms with Crippen LogP contribution in [-0.2, 0) is 17.4 Å². The van der Waals surface area contributed by atoms with Gasteiger partial charge in [0.15, 0.2) is 0 Å². The minimum atomic E-state index is -0.0661. The number of phenols is 1. The van der Waals surface area contributed by atoms with Gasteiger partial charge in [-0.1, -0.05) is 84.0 Å². The van der Waals surface area contributed by atoms with Crippen molar-refractivity contribution in [1.82, 2.24) is 0 Å². The Bertz CT molecular complexity index is 880. The molecule has 3 rings (SSSR count). The van der Waals surface area contributed by atoms with Crippen LogP contribution in [0.4, 0.5) is 0 Å². The molecule has 0 aliphatic carbocycles. The summed E-state index contributed by atoms with van der Waals surface area (Å²) in [4.78, 5) is 3.23. The van der Waals surface area contributed by atoms with Crippen LogP contribution in [0.25, 0.3) is 6.08 Å². The molecule has 0 radical (unpaired) electrons. The predicted molar refractivity (Wildman–Crippen MR) is 131 cm³/mol. The summed E-state index contributed by atoms with van der Waals surface area (Å²) in [5.74, 6) is 0.508. The largest absolute Gasteiger partial charge is 0.507 e. The lowest BCUT2D eigenvalue weighted by Crippen LogP contribution is -3.27. The molecule has 0 aromatic heterocycles. The Kier molecular flexibility index (Phi) is 7.28.